The maximum absolute atomic E-state index is 12.4. The van der Waals surface area contributed by atoms with Crippen molar-refractivity contribution in [3.05, 3.63) is 29.8 Å². The molecule has 178 valence electrons. The second-order valence-corrected chi connectivity index (χ2v) is 9.21. The fourth-order valence-corrected chi connectivity index (χ4v) is 3.21. The Morgan fingerprint density at radius 2 is 1.71 bits per heavy atom. The van der Waals surface area contributed by atoms with Gasteiger partial charge in [-0.05, 0) is 63.8 Å². The summed E-state index contributed by atoms with van der Waals surface area (Å²) < 4.78 is 11.1. The number of aliphatic hydroxyl groups excluding tert-OH is 1. The van der Waals surface area contributed by atoms with Crippen molar-refractivity contribution in [1.82, 2.24) is 10.6 Å². The molecule has 0 spiro atoms. The van der Waals surface area contributed by atoms with Gasteiger partial charge in [-0.15, -0.1) is 0 Å². The highest BCUT2D eigenvalue weighted by Crippen LogP contribution is 2.16. The third-order valence-electron chi connectivity index (χ3n) is 5.25. The number of nitrogens with one attached hydrogen (secondary N) is 2. The number of hydrogen-bond acceptors (Lipinski definition) is 5. The van der Waals surface area contributed by atoms with Crippen molar-refractivity contribution in [3.8, 4) is 5.75 Å². The van der Waals surface area contributed by atoms with E-state index in [9.17, 15) is 9.90 Å². The molecule has 1 amide bonds. The SMILES string of the molecule is CCCCOc1ccc(C[C@H](NC(=O)OC(C)(C)C)[C@H](O)CNCC(CC)CC)cc1. The van der Waals surface area contributed by atoms with Crippen molar-refractivity contribution in [2.24, 2.45) is 5.92 Å². The van der Waals surface area contributed by atoms with E-state index in [1.165, 1.54) is 0 Å². The molecular weight excluding hydrogens is 392 g/mol. The summed E-state index contributed by atoms with van der Waals surface area (Å²) in [7, 11) is 0. The second-order valence-electron chi connectivity index (χ2n) is 9.21. The van der Waals surface area contributed by atoms with Gasteiger partial charge in [0.15, 0.2) is 0 Å². The Balaban J connectivity index is 2.75. The van der Waals surface area contributed by atoms with E-state index in [0.717, 1.165) is 43.5 Å². The van der Waals surface area contributed by atoms with Gasteiger partial charge in [-0.2, -0.15) is 0 Å². The molecule has 0 saturated carbocycles. The topological polar surface area (TPSA) is 79.8 Å². The Morgan fingerprint density at radius 3 is 2.26 bits per heavy atom. The number of benzene rings is 1. The Bertz CT molecular complexity index is 609. The quantitative estimate of drug-likeness (QED) is 0.369. The van der Waals surface area contributed by atoms with Crippen LogP contribution in [0.15, 0.2) is 24.3 Å². The van der Waals surface area contributed by atoms with E-state index >= 15 is 0 Å². The first kappa shape index (κ1) is 27.2. The molecule has 0 aromatic heterocycles. The van der Waals surface area contributed by atoms with Gasteiger partial charge in [0.2, 0.25) is 0 Å². The van der Waals surface area contributed by atoms with E-state index in [1.807, 2.05) is 45.0 Å². The lowest BCUT2D eigenvalue weighted by Crippen LogP contribution is -2.50. The van der Waals surface area contributed by atoms with E-state index in [1.54, 1.807) is 0 Å². The largest absolute Gasteiger partial charge is 0.494 e. The van der Waals surface area contributed by atoms with Crippen LogP contribution in [0.2, 0.25) is 0 Å². The van der Waals surface area contributed by atoms with Crippen molar-refractivity contribution in [2.75, 3.05) is 19.7 Å². The van der Waals surface area contributed by atoms with Crippen LogP contribution in [0.1, 0.15) is 72.8 Å². The van der Waals surface area contributed by atoms with Crippen molar-refractivity contribution >= 4 is 6.09 Å². The maximum Gasteiger partial charge on any atom is 0.407 e. The Labute approximate surface area is 189 Å². The van der Waals surface area contributed by atoms with E-state index in [4.69, 9.17) is 9.47 Å². The highest BCUT2D eigenvalue weighted by molar-refractivity contribution is 5.68. The van der Waals surface area contributed by atoms with E-state index in [2.05, 4.69) is 31.4 Å². The minimum Gasteiger partial charge on any atom is -0.494 e. The highest BCUT2D eigenvalue weighted by Gasteiger charge is 2.25. The minimum atomic E-state index is -0.734. The van der Waals surface area contributed by atoms with Crippen LogP contribution in [0, 0.1) is 5.92 Å². The summed E-state index contributed by atoms with van der Waals surface area (Å²) in [5, 5.41) is 17.0. The molecule has 0 unspecified atom stereocenters. The third kappa shape index (κ3) is 12.0. The van der Waals surface area contributed by atoms with Gasteiger partial charge < -0.3 is 25.2 Å². The number of hydrogen-bond donors (Lipinski definition) is 3. The average molecular weight is 437 g/mol. The lowest BCUT2D eigenvalue weighted by atomic mass is 10.00. The van der Waals surface area contributed by atoms with Gasteiger partial charge in [0.1, 0.15) is 11.4 Å². The van der Waals surface area contributed by atoms with Gasteiger partial charge in [-0.3, -0.25) is 0 Å². The van der Waals surface area contributed by atoms with E-state index < -0.39 is 23.8 Å². The highest BCUT2D eigenvalue weighted by atomic mass is 16.6. The number of carbonyl (C=O) groups is 1. The lowest BCUT2D eigenvalue weighted by molar-refractivity contribution is 0.0421. The molecule has 0 saturated heterocycles. The summed E-state index contributed by atoms with van der Waals surface area (Å²) in [6, 6.07) is 7.38. The molecule has 3 N–H and O–H groups in total. The van der Waals surface area contributed by atoms with Crippen LogP contribution in [0.5, 0.6) is 5.75 Å². The number of aliphatic hydroxyl groups is 1. The summed E-state index contributed by atoms with van der Waals surface area (Å²) in [4.78, 5) is 12.4. The Kier molecular flexibility index (Phi) is 12.6. The zero-order valence-corrected chi connectivity index (χ0v) is 20.4. The molecule has 0 aliphatic heterocycles. The molecule has 31 heavy (non-hydrogen) atoms. The molecule has 0 aliphatic rings. The maximum atomic E-state index is 12.4. The number of alkyl carbamates (subject to hydrolysis) is 1. The van der Waals surface area contributed by atoms with Crippen LogP contribution < -0.4 is 15.4 Å². The fraction of sp³-hybridized carbons (Fsp3) is 0.720. The zero-order chi connectivity index (χ0) is 23.3. The summed E-state index contributed by atoms with van der Waals surface area (Å²) in [5.74, 6) is 1.42. The molecule has 1 aromatic carbocycles. The van der Waals surface area contributed by atoms with Crippen molar-refractivity contribution in [1.29, 1.82) is 0 Å². The molecular formula is C25H44N2O4. The monoisotopic (exact) mass is 436 g/mol. The molecule has 6 heteroatoms. The van der Waals surface area contributed by atoms with Crippen LogP contribution in [0.3, 0.4) is 0 Å². The number of carbonyl (C=O) groups excluding carboxylic acids is 1. The molecule has 0 bridgehead atoms. The third-order valence-corrected chi connectivity index (χ3v) is 5.25. The fourth-order valence-electron chi connectivity index (χ4n) is 3.21. The van der Waals surface area contributed by atoms with Crippen molar-refractivity contribution in [2.45, 2.75) is 91.4 Å². The van der Waals surface area contributed by atoms with Crippen LogP contribution >= 0.6 is 0 Å². The molecule has 0 aliphatic carbocycles. The summed E-state index contributed by atoms with van der Waals surface area (Å²) in [6.07, 6.45) is 3.58. The molecule has 0 fully saturated rings. The molecule has 0 heterocycles. The predicted octanol–water partition coefficient (Wildman–Crippen LogP) is 4.69. The Morgan fingerprint density at radius 1 is 1.06 bits per heavy atom. The van der Waals surface area contributed by atoms with Gasteiger partial charge in [-0.1, -0.05) is 52.2 Å². The van der Waals surface area contributed by atoms with Gasteiger partial charge in [0.25, 0.3) is 0 Å². The predicted molar refractivity (Wildman–Crippen MR) is 127 cm³/mol. The van der Waals surface area contributed by atoms with Crippen LogP contribution in [0.25, 0.3) is 0 Å². The van der Waals surface area contributed by atoms with Gasteiger partial charge >= 0.3 is 6.09 Å². The number of unbranched alkanes of at least 4 members (excludes halogenated alkanes) is 1. The average Bonchev–Trinajstić information content (AvgIpc) is 2.70. The van der Waals surface area contributed by atoms with Crippen LogP contribution in [0.4, 0.5) is 4.79 Å². The van der Waals surface area contributed by atoms with E-state index in [-0.39, 0.29) is 0 Å². The molecule has 1 aromatic rings. The molecule has 0 radical (unpaired) electrons. The smallest absolute Gasteiger partial charge is 0.407 e. The first-order valence-electron chi connectivity index (χ1n) is 11.8. The summed E-state index contributed by atoms with van der Waals surface area (Å²) in [6.45, 7) is 13.9. The van der Waals surface area contributed by atoms with Crippen molar-refractivity contribution < 1.29 is 19.4 Å². The van der Waals surface area contributed by atoms with Crippen LogP contribution in [-0.2, 0) is 11.2 Å². The van der Waals surface area contributed by atoms with E-state index in [0.29, 0.717) is 25.5 Å². The molecule has 2 atom stereocenters. The number of rotatable bonds is 14. The first-order chi connectivity index (χ1) is 14.7. The second kappa shape index (κ2) is 14.3. The standard InChI is InChI=1S/C25H44N2O4/c1-7-10-15-30-21-13-11-20(12-14-21)16-22(27-24(29)31-25(4,5)6)23(28)18-26-17-19(8-2)9-3/h11-14,19,22-23,26,28H,7-10,15-18H2,1-6H3,(H,27,29)/t22-,23+/m0/s1. The van der Waals surface area contributed by atoms with Gasteiger partial charge in [0.05, 0.1) is 18.8 Å². The summed E-state index contributed by atoms with van der Waals surface area (Å²) in [5.41, 5.74) is 0.424. The lowest BCUT2D eigenvalue weighted by Gasteiger charge is -2.27. The van der Waals surface area contributed by atoms with Gasteiger partial charge in [0, 0.05) is 6.54 Å². The minimum absolute atomic E-state index is 0.412. The summed E-state index contributed by atoms with van der Waals surface area (Å²) >= 11 is 0. The number of ether oxygens (including phenoxy) is 2. The molecule has 6 nitrogen and oxygen atoms in total. The number of amides is 1. The normalized spacial score (nSPS) is 13.7. The van der Waals surface area contributed by atoms with Crippen LogP contribution in [-0.4, -0.2) is 48.6 Å². The molecule has 1 rings (SSSR count). The van der Waals surface area contributed by atoms with Gasteiger partial charge in [-0.25, -0.2) is 4.79 Å². The van der Waals surface area contributed by atoms with Crippen molar-refractivity contribution in [3.63, 3.8) is 0 Å². The zero-order valence-electron chi connectivity index (χ0n) is 20.4. The first-order valence-corrected chi connectivity index (χ1v) is 11.8. The Hall–Kier alpha value is -1.79.